The Morgan fingerprint density at radius 2 is 1.90 bits per heavy atom. The van der Waals surface area contributed by atoms with Gasteiger partial charge in [-0.15, -0.1) is 0 Å². The molecule has 0 atom stereocenters. The van der Waals surface area contributed by atoms with Crippen LogP contribution < -0.4 is 5.32 Å². The summed E-state index contributed by atoms with van der Waals surface area (Å²) in [6, 6.07) is 10.3. The van der Waals surface area contributed by atoms with Gasteiger partial charge in [-0.2, -0.15) is 0 Å². The van der Waals surface area contributed by atoms with Crippen LogP contribution >= 0.6 is 0 Å². The minimum Gasteiger partial charge on any atom is -0.478 e. The average molecular weight is 285 g/mol. The normalized spacial score (nSPS) is 10.7. The summed E-state index contributed by atoms with van der Waals surface area (Å²) < 4.78 is 5.36. The van der Waals surface area contributed by atoms with Crippen LogP contribution in [0.2, 0.25) is 0 Å². The number of nitrogens with one attached hydrogen (secondary N) is 1. The van der Waals surface area contributed by atoms with Crippen LogP contribution in [-0.4, -0.2) is 17.0 Å². The molecule has 0 radical (unpaired) electrons. The highest BCUT2D eigenvalue weighted by molar-refractivity contribution is 5.94. The zero-order chi connectivity index (χ0) is 15.2. The molecule has 108 valence electrons. The summed E-state index contributed by atoms with van der Waals surface area (Å²) in [5, 5.41) is 11.3. The smallest absolute Gasteiger partial charge is 0.328 e. The molecule has 2 aromatic rings. The first-order chi connectivity index (χ1) is 10.0. The average Bonchev–Trinajstić information content (AvgIpc) is 2.89. The predicted molar refractivity (Wildman–Crippen MR) is 77.7 cm³/mol. The van der Waals surface area contributed by atoms with Crippen molar-refractivity contribution < 1.29 is 19.1 Å². The minimum atomic E-state index is -1.01. The summed E-state index contributed by atoms with van der Waals surface area (Å²) >= 11 is 0. The Bertz CT molecular complexity index is 668. The van der Waals surface area contributed by atoms with Crippen LogP contribution in [0.5, 0.6) is 0 Å². The number of carboxylic acid groups (broad SMARTS) is 1. The quantitative estimate of drug-likeness (QED) is 0.828. The van der Waals surface area contributed by atoms with Crippen LogP contribution in [0.3, 0.4) is 0 Å². The molecule has 0 bridgehead atoms. The van der Waals surface area contributed by atoms with Crippen molar-refractivity contribution in [2.24, 2.45) is 0 Å². The molecule has 21 heavy (non-hydrogen) atoms. The molecule has 0 aliphatic carbocycles. The van der Waals surface area contributed by atoms with Crippen molar-refractivity contribution in [2.45, 2.75) is 13.5 Å². The van der Waals surface area contributed by atoms with Gasteiger partial charge in [-0.3, -0.25) is 4.79 Å². The number of aryl methyl sites for hydroxylation is 1. The topological polar surface area (TPSA) is 79.5 Å². The predicted octanol–water partition coefficient (Wildman–Crippen LogP) is 2.62. The summed E-state index contributed by atoms with van der Waals surface area (Å²) in [5.41, 5.74) is 1.22. The molecule has 1 aromatic heterocycles. The lowest BCUT2D eigenvalue weighted by molar-refractivity contribution is -0.131. The lowest BCUT2D eigenvalue weighted by atomic mass is 10.1. The number of benzene rings is 1. The highest BCUT2D eigenvalue weighted by atomic mass is 16.4. The molecule has 2 rings (SSSR count). The summed E-state index contributed by atoms with van der Waals surface area (Å²) in [6.07, 6.45) is 2.52. The minimum absolute atomic E-state index is 0.210. The van der Waals surface area contributed by atoms with E-state index in [4.69, 9.17) is 9.52 Å². The number of hydrogen-bond donors (Lipinski definition) is 2. The monoisotopic (exact) mass is 285 g/mol. The van der Waals surface area contributed by atoms with Gasteiger partial charge in [-0.05, 0) is 42.8 Å². The third-order valence-electron chi connectivity index (χ3n) is 2.81. The number of carbonyl (C=O) groups is 2. The largest absolute Gasteiger partial charge is 0.478 e. The van der Waals surface area contributed by atoms with E-state index in [0.717, 1.165) is 17.4 Å². The maximum atomic E-state index is 11.9. The second-order valence-corrected chi connectivity index (χ2v) is 4.49. The van der Waals surface area contributed by atoms with Gasteiger partial charge in [-0.25, -0.2) is 4.79 Å². The first kappa shape index (κ1) is 14.6. The van der Waals surface area contributed by atoms with E-state index in [2.05, 4.69) is 5.32 Å². The molecule has 0 unspecified atom stereocenters. The fourth-order valence-electron chi connectivity index (χ4n) is 1.76. The maximum absolute atomic E-state index is 11.9. The van der Waals surface area contributed by atoms with Crippen LogP contribution in [0.1, 0.15) is 27.4 Å². The van der Waals surface area contributed by atoms with Gasteiger partial charge in [0.25, 0.3) is 5.91 Å². The van der Waals surface area contributed by atoms with Crippen molar-refractivity contribution in [3.63, 3.8) is 0 Å². The van der Waals surface area contributed by atoms with Gasteiger partial charge in [-0.1, -0.05) is 12.1 Å². The first-order valence-electron chi connectivity index (χ1n) is 6.39. The third kappa shape index (κ3) is 4.35. The molecule has 0 spiro atoms. The highest BCUT2D eigenvalue weighted by Gasteiger charge is 2.06. The summed E-state index contributed by atoms with van der Waals surface area (Å²) in [4.78, 5) is 22.3. The maximum Gasteiger partial charge on any atom is 0.328 e. The van der Waals surface area contributed by atoms with Crippen LogP contribution in [0.4, 0.5) is 0 Å². The number of carboxylic acids is 1. The van der Waals surface area contributed by atoms with E-state index in [1.807, 2.05) is 19.1 Å². The molecule has 0 aliphatic rings. The van der Waals surface area contributed by atoms with Gasteiger partial charge in [0.15, 0.2) is 0 Å². The van der Waals surface area contributed by atoms with Crippen molar-refractivity contribution in [2.75, 3.05) is 0 Å². The van der Waals surface area contributed by atoms with Crippen molar-refractivity contribution in [1.82, 2.24) is 5.32 Å². The molecule has 0 saturated carbocycles. The Hall–Kier alpha value is -2.82. The van der Waals surface area contributed by atoms with Gasteiger partial charge in [0.2, 0.25) is 0 Å². The number of carbonyl (C=O) groups excluding carboxylic acids is 1. The first-order valence-corrected chi connectivity index (χ1v) is 6.39. The van der Waals surface area contributed by atoms with Crippen LogP contribution in [-0.2, 0) is 11.3 Å². The van der Waals surface area contributed by atoms with Gasteiger partial charge >= 0.3 is 5.97 Å². The van der Waals surface area contributed by atoms with E-state index in [-0.39, 0.29) is 5.91 Å². The van der Waals surface area contributed by atoms with Gasteiger partial charge in [0.05, 0.1) is 6.54 Å². The van der Waals surface area contributed by atoms with E-state index in [9.17, 15) is 9.59 Å². The van der Waals surface area contributed by atoms with E-state index in [1.165, 1.54) is 6.08 Å². The Labute approximate surface area is 121 Å². The molecular formula is C16H15NO4. The number of aliphatic carboxylic acids is 1. The van der Waals surface area contributed by atoms with Gasteiger partial charge in [0.1, 0.15) is 11.5 Å². The zero-order valence-electron chi connectivity index (χ0n) is 11.5. The number of rotatable bonds is 5. The van der Waals surface area contributed by atoms with Crippen molar-refractivity contribution >= 4 is 18.0 Å². The lowest BCUT2D eigenvalue weighted by Gasteiger charge is -2.03. The van der Waals surface area contributed by atoms with Crippen molar-refractivity contribution in [3.8, 4) is 0 Å². The van der Waals surface area contributed by atoms with E-state index in [0.29, 0.717) is 17.9 Å². The Kier molecular flexibility index (Phi) is 4.56. The summed E-state index contributed by atoms with van der Waals surface area (Å²) in [7, 11) is 0. The number of furan rings is 1. The fraction of sp³-hybridized carbons (Fsp3) is 0.125. The molecule has 1 heterocycles. The molecule has 1 amide bonds. The molecule has 2 N–H and O–H groups in total. The molecule has 0 aliphatic heterocycles. The Morgan fingerprint density at radius 3 is 2.48 bits per heavy atom. The molecule has 0 saturated heterocycles. The number of hydrogen-bond acceptors (Lipinski definition) is 3. The Morgan fingerprint density at radius 1 is 1.19 bits per heavy atom. The van der Waals surface area contributed by atoms with Crippen LogP contribution in [0.15, 0.2) is 46.9 Å². The second-order valence-electron chi connectivity index (χ2n) is 4.49. The van der Waals surface area contributed by atoms with Gasteiger partial charge in [0, 0.05) is 11.6 Å². The van der Waals surface area contributed by atoms with Crippen molar-refractivity contribution in [3.05, 3.63) is 65.1 Å². The standard InChI is InChI=1S/C16H15NO4/c1-11-2-8-14(21-11)10-17-16(20)13-6-3-12(4-7-13)5-9-15(18)19/h2-9H,10H2,1H3,(H,17,20)(H,18,19). The summed E-state index contributed by atoms with van der Waals surface area (Å²) in [6.45, 7) is 2.17. The van der Waals surface area contributed by atoms with Crippen molar-refractivity contribution in [1.29, 1.82) is 0 Å². The zero-order valence-corrected chi connectivity index (χ0v) is 11.5. The second kappa shape index (κ2) is 6.56. The molecule has 5 heteroatoms. The third-order valence-corrected chi connectivity index (χ3v) is 2.81. The SMILES string of the molecule is Cc1ccc(CNC(=O)c2ccc(C=CC(=O)O)cc2)o1. The highest BCUT2D eigenvalue weighted by Crippen LogP contribution is 2.08. The van der Waals surface area contributed by atoms with Crippen LogP contribution in [0, 0.1) is 6.92 Å². The fourth-order valence-corrected chi connectivity index (χ4v) is 1.76. The molecule has 1 aromatic carbocycles. The molecular weight excluding hydrogens is 270 g/mol. The van der Waals surface area contributed by atoms with E-state index >= 15 is 0 Å². The molecule has 5 nitrogen and oxygen atoms in total. The number of amides is 1. The van der Waals surface area contributed by atoms with E-state index in [1.54, 1.807) is 24.3 Å². The lowest BCUT2D eigenvalue weighted by Crippen LogP contribution is -2.22. The van der Waals surface area contributed by atoms with Gasteiger partial charge < -0.3 is 14.8 Å². The van der Waals surface area contributed by atoms with E-state index < -0.39 is 5.97 Å². The Balaban J connectivity index is 1.95. The summed E-state index contributed by atoms with van der Waals surface area (Å²) in [5.74, 6) is 0.277. The van der Waals surface area contributed by atoms with Crippen LogP contribution in [0.25, 0.3) is 6.08 Å². The molecule has 0 fully saturated rings.